The van der Waals surface area contributed by atoms with Gasteiger partial charge in [-0.15, -0.1) is 0 Å². The zero-order chi connectivity index (χ0) is 15.3. The van der Waals surface area contributed by atoms with Crippen LogP contribution in [0.1, 0.15) is 32.4 Å². The average molecular weight is 286 g/mol. The Morgan fingerprint density at radius 1 is 1.35 bits per heavy atom. The van der Waals surface area contributed by atoms with E-state index in [1.54, 1.807) is 40.0 Å². The topological polar surface area (TPSA) is 50.4 Å². The van der Waals surface area contributed by atoms with E-state index in [1.807, 2.05) is 0 Å². The molecule has 0 heterocycles. The molecule has 0 fully saturated rings. The van der Waals surface area contributed by atoms with Crippen LogP contribution in [0.15, 0.2) is 24.3 Å². The standard InChI is InChI=1S/C14H20F2N2O2/c1-9(18-12(19)14(2,3)17-4)10-6-5-7-11(8-10)20-13(15)16/h5-9,13,17H,1-4H3,(H,18,19). The van der Waals surface area contributed by atoms with Gasteiger partial charge in [0.2, 0.25) is 5.91 Å². The van der Waals surface area contributed by atoms with Crippen molar-refractivity contribution in [3.8, 4) is 5.75 Å². The molecule has 2 N–H and O–H groups in total. The lowest BCUT2D eigenvalue weighted by molar-refractivity contribution is -0.126. The first-order valence-electron chi connectivity index (χ1n) is 6.31. The average Bonchev–Trinajstić information content (AvgIpc) is 2.38. The van der Waals surface area contributed by atoms with E-state index in [0.29, 0.717) is 5.56 Å². The minimum Gasteiger partial charge on any atom is -0.435 e. The summed E-state index contributed by atoms with van der Waals surface area (Å²) < 4.78 is 28.7. The fourth-order valence-corrected chi connectivity index (χ4v) is 1.53. The predicted octanol–water partition coefficient (Wildman–Crippen LogP) is 2.46. The van der Waals surface area contributed by atoms with E-state index in [2.05, 4.69) is 15.4 Å². The van der Waals surface area contributed by atoms with Crippen molar-refractivity contribution in [2.75, 3.05) is 7.05 Å². The van der Waals surface area contributed by atoms with Gasteiger partial charge in [-0.1, -0.05) is 12.1 Å². The quantitative estimate of drug-likeness (QED) is 0.844. The Balaban J connectivity index is 2.77. The summed E-state index contributed by atoms with van der Waals surface area (Å²) in [5.41, 5.74) is -0.00544. The van der Waals surface area contributed by atoms with Crippen molar-refractivity contribution in [3.05, 3.63) is 29.8 Å². The molecule has 0 saturated heterocycles. The molecule has 1 unspecified atom stereocenters. The molecule has 1 aromatic rings. The van der Waals surface area contributed by atoms with Crippen LogP contribution in [0, 0.1) is 0 Å². The molecule has 0 radical (unpaired) electrons. The van der Waals surface area contributed by atoms with Gasteiger partial charge in [0.15, 0.2) is 0 Å². The molecule has 1 rings (SSSR count). The first-order valence-corrected chi connectivity index (χ1v) is 6.31. The summed E-state index contributed by atoms with van der Waals surface area (Å²) in [6.07, 6.45) is 0. The number of carbonyl (C=O) groups is 1. The number of hydrogen-bond acceptors (Lipinski definition) is 3. The molecular weight excluding hydrogens is 266 g/mol. The van der Waals surface area contributed by atoms with Gasteiger partial charge < -0.3 is 15.4 Å². The molecule has 0 saturated carbocycles. The molecule has 20 heavy (non-hydrogen) atoms. The van der Waals surface area contributed by atoms with E-state index < -0.39 is 12.2 Å². The molecule has 112 valence electrons. The molecule has 0 aliphatic heterocycles. The highest BCUT2D eigenvalue weighted by Gasteiger charge is 2.26. The molecule has 0 spiro atoms. The molecule has 0 aliphatic carbocycles. The van der Waals surface area contributed by atoms with Crippen LogP contribution in [0.2, 0.25) is 0 Å². The lowest BCUT2D eigenvalue weighted by Gasteiger charge is -2.25. The Kier molecular flexibility index (Phi) is 5.44. The number of rotatable bonds is 6. The second kappa shape index (κ2) is 6.65. The second-order valence-corrected chi connectivity index (χ2v) is 5.02. The van der Waals surface area contributed by atoms with Crippen molar-refractivity contribution in [2.45, 2.75) is 39.0 Å². The summed E-state index contributed by atoms with van der Waals surface area (Å²) in [6, 6.07) is 5.98. The Morgan fingerprint density at radius 3 is 2.55 bits per heavy atom. The van der Waals surface area contributed by atoms with Gasteiger partial charge >= 0.3 is 6.61 Å². The van der Waals surface area contributed by atoms with Gasteiger partial charge in [-0.25, -0.2) is 0 Å². The molecular formula is C14H20F2N2O2. The zero-order valence-corrected chi connectivity index (χ0v) is 12.0. The van der Waals surface area contributed by atoms with Crippen LogP contribution in [0.4, 0.5) is 8.78 Å². The van der Waals surface area contributed by atoms with Crippen molar-refractivity contribution in [1.29, 1.82) is 0 Å². The van der Waals surface area contributed by atoms with Gasteiger partial charge in [-0.2, -0.15) is 8.78 Å². The van der Waals surface area contributed by atoms with Crippen molar-refractivity contribution in [1.82, 2.24) is 10.6 Å². The normalized spacial score (nSPS) is 13.2. The molecule has 6 heteroatoms. The summed E-state index contributed by atoms with van der Waals surface area (Å²) in [6.45, 7) is 2.43. The second-order valence-electron chi connectivity index (χ2n) is 5.02. The van der Waals surface area contributed by atoms with E-state index in [-0.39, 0.29) is 17.7 Å². The first kappa shape index (κ1) is 16.4. The summed E-state index contributed by atoms with van der Waals surface area (Å²) >= 11 is 0. The van der Waals surface area contributed by atoms with Crippen LogP contribution >= 0.6 is 0 Å². The third-order valence-corrected chi connectivity index (χ3v) is 3.12. The number of nitrogens with one attached hydrogen (secondary N) is 2. The van der Waals surface area contributed by atoms with Crippen molar-refractivity contribution >= 4 is 5.91 Å². The lowest BCUT2D eigenvalue weighted by Crippen LogP contribution is -2.51. The van der Waals surface area contributed by atoms with Crippen molar-refractivity contribution in [2.24, 2.45) is 0 Å². The van der Waals surface area contributed by atoms with Gasteiger partial charge in [0.25, 0.3) is 0 Å². The van der Waals surface area contributed by atoms with Gasteiger partial charge in [0.05, 0.1) is 11.6 Å². The maximum atomic E-state index is 12.2. The maximum Gasteiger partial charge on any atom is 0.387 e. The number of benzene rings is 1. The summed E-state index contributed by atoms with van der Waals surface area (Å²) in [5, 5.41) is 5.72. The number of ether oxygens (including phenoxy) is 1. The van der Waals surface area contributed by atoms with Gasteiger partial charge in [0, 0.05) is 0 Å². The third-order valence-electron chi connectivity index (χ3n) is 3.12. The molecule has 0 aromatic heterocycles. The predicted molar refractivity (Wildman–Crippen MR) is 72.8 cm³/mol. The molecule has 0 aliphatic rings. The highest BCUT2D eigenvalue weighted by Crippen LogP contribution is 2.21. The molecule has 1 aromatic carbocycles. The molecule has 1 atom stereocenters. The number of likely N-dealkylation sites (N-methyl/N-ethyl adjacent to an activating group) is 1. The summed E-state index contributed by atoms with van der Waals surface area (Å²) in [7, 11) is 1.70. The van der Waals surface area contributed by atoms with E-state index in [0.717, 1.165) is 0 Å². The van der Waals surface area contributed by atoms with Gasteiger partial charge in [-0.05, 0) is 45.5 Å². The largest absolute Gasteiger partial charge is 0.435 e. The minimum atomic E-state index is -2.86. The highest BCUT2D eigenvalue weighted by atomic mass is 19.3. The fraction of sp³-hybridized carbons (Fsp3) is 0.500. The number of halogens is 2. The van der Waals surface area contributed by atoms with Gasteiger partial charge in [-0.3, -0.25) is 4.79 Å². The monoisotopic (exact) mass is 286 g/mol. The SMILES string of the molecule is CNC(C)(C)C(=O)NC(C)c1cccc(OC(F)F)c1. The number of carbonyl (C=O) groups excluding carboxylic acids is 1. The Morgan fingerprint density at radius 2 is 2.00 bits per heavy atom. The minimum absolute atomic E-state index is 0.0754. The van der Waals surface area contributed by atoms with E-state index in [9.17, 15) is 13.6 Å². The van der Waals surface area contributed by atoms with Crippen molar-refractivity contribution < 1.29 is 18.3 Å². The van der Waals surface area contributed by atoms with Crippen LogP contribution in [-0.2, 0) is 4.79 Å². The number of hydrogen-bond donors (Lipinski definition) is 2. The Hall–Kier alpha value is -1.69. The van der Waals surface area contributed by atoms with Crippen LogP contribution in [0.25, 0.3) is 0 Å². The Bertz CT molecular complexity index is 464. The summed E-state index contributed by atoms with van der Waals surface area (Å²) in [5.74, 6) is -0.0980. The van der Waals surface area contributed by atoms with Crippen molar-refractivity contribution in [3.63, 3.8) is 0 Å². The first-order chi connectivity index (χ1) is 9.26. The van der Waals surface area contributed by atoms with E-state index in [1.165, 1.54) is 12.1 Å². The summed E-state index contributed by atoms with van der Waals surface area (Å²) in [4.78, 5) is 12.0. The molecule has 1 amide bonds. The third kappa shape index (κ3) is 4.45. The molecule has 0 bridgehead atoms. The van der Waals surface area contributed by atoms with Crippen LogP contribution in [-0.4, -0.2) is 25.1 Å². The number of amides is 1. The van der Waals surface area contributed by atoms with Crippen LogP contribution in [0.5, 0.6) is 5.75 Å². The van der Waals surface area contributed by atoms with Crippen LogP contribution < -0.4 is 15.4 Å². The van der Waals surface area contributed by atoms with Gasteiger partial charge in [0.1, 0.15) is 5.75 Å². The fourth-order valence-electron chi connectivity index (χ4n) is 1.53. The van der Waals surface area contributed by atoms with E-state index >= 15 is 0 Å². The molecule has 4 nitrogen and oxygen atoms in total. The van der Waals surface area contributed by atoms with Crippen LogP contribution in [0.3, 0.4) is 0 Å². The number of alkyl halides is 2. The highest BCUT2D eigenvalue weighted by molar-refractivity contribution is 5.85. The maximum absolute atomic E-state index is 12.2. The van der Waals surface area contributed by atoms with E-state index in [4.69, 9.17) is 0 Å². The lowest BCUT2D eigenvalue weighted by atomic mass is 10.0. The zero-order valence-electron chi connectivity index (χ0n) is 12.0. The Labute approximate surface area is 117 Å². The smallest absolute Gasteiger partial charge is 0.387 e.